The highest BCUT2D eigenvalue weighted by Crippen LogP contribution is 2.18. The Morgan fingerprint density at radius 2 is 2.24 bits per heavy atom. The second-order valence-electron chi connectivity index (χ2n) is 3.94. The van der Waals surface area contributed by atoms with Crippen LogP contribution in [0.15, 0.2) is 30.6 Å². The fourth-order valence-corrected chi connectivity index (χ4v) is 2.07. The number of nitrogens with zero attached hydrogens (tertiary/aromatic N) is 2. The van der Waals surface area contributed by atoms with Gasteiger partial charge in [0.1, 0.15) is 5.82 Å². The van der Waals surface area contributed by atoms with Crippen LogP contribution in [0.1, 0.15) is 23.9 Å². The number of hydrogen-bond donors (Lipinski definition) is 1. The summed E-state index contributed by atoms with van der Waals surface area (Å²) in [6.45, 7) is 3.51. The Kier molecular flexibility index (Phi) is 3.82. The second-order valence-corrected chi connectivity index (χ2v) is 4.34. The predicted molar refractivity (Wildman–Crippen MR) is 70.1 cm³/mol. The highest BCUT2D eigenvalue weighted by molar-refractivity contribution is 6.31. The smallest absolute Gasteiger partial charge is 0.113 e. The molecule has 0 saturated carbocycles. The molecule has 0 saturated heterocycles. The van der Waals surface area contributed by atoms with Gasteiger partial charge in [-0.3, -0.25) is 0 Å². The van der Waals surface area contributed by atoms with Crippen LogP contribution in [0.25, 0.3) is 0 Å². The third kappa shape index (κ3) is 2.68. The molecule has 0 aliphatic rings. The van der Waals surface area contributed by atoms with Crippen molar-refractivity contribution in [2.24, 2.45) is 5.73 Å². The number of hydrogen-bond acceptors (Lipinski definition) is 2. The summed E-state index contributed by atoms with van der Waals surface area (Å²) < 4.78 is 2.14. The molecule has 0 radical (unpaired) electrons. The zero-order valence-electron chi connectivity index (χ0n) is 9.86. The zero-order chi connectivity index (χ0) is 12.3. The number of imidazole rings is 1. The van der Waals surface area contributed by atoms with Crippen LogP contribution in [0.3, 0.4) is 0 Å². The van der Waals surface area contributed by atoms with Crippen LogP contribution in [0.4, 0.5) is 0 Å². The molecular formula is C13H16ClN3. The molecule has 0 atom stereocenters. The van der Waals surface area contributed by atoms with Crippen LogP contribution < -0.4 is 5.73 Å². The van der Waals surface area contributed by atoms with Crippen molar-refractivity contribution in [1.29, 1.82) is 0 Å². The van der Waals surface area contributed by atoms with E-state index in [4.69, 9.17) is 17.3 Å². The molecule has 0 aliphatic carbocycles. The maximum Gasteiger partial charge on any atom is 0.113 e. The molecule has 90 valence electrons. The summed E-state index contributed by atoms with van der Waals surface area (Å²) >= 11 is 6.04. The van der Waals surface area contributed by atoms with Gasteiger partial charge in [0.05, 0.1) is 0 Å². The summed E-state index contributed by atoms with van der Waals surface area (Å²) in [6, 6.07) is 5.98. The average Bonchev–Trinajstić information content (AvgIpc) is 2.79. The van der Waals surface area contributed by atoms with E-state index in [0.717, 1.165) is 29.4 Å². The first-order valence-corrected chi connectivity index (χ1v) is 6.09. The zero-order valence-corrected chi connectivity index (χ0v) is 10.6. The van der Waals surface area contributed by atoms with E-state index >= 15 is 0 Å². The number of aromatic nitrogens is 2. The fraction of sp³-hybridized carbons (Fsp3) is 0.308. The monoisotopic (exact) mass is 249 g/mol. The molecule has 2 N–H and O–H groups in total. The van der Waals surface area contributed by atoms with Crippen LogP contribution in [0.5, 0.6) is 0 Å². The molecule has 2 rings (SSSR count). The van der Waals surface area contributed by atoms with E-state index in [9.17, 15) is 0 Å². The summed E-state index contributed by atoms with van der Waals surface area (Å²) in [5.74, 6) is 1.07. The van der Waals surface area contributed by atoms with E-state index in [2.05, 4.69) is 22.5 Å². The van der Waals surface area contributed by atoms with Crippen LogP contribution in [-0.4, -0.2) is 9.55 Å². The minimum atomic E-state index is 0.467. The molecule has 1 aromatic carbocycles. The van der Waals surface area contributed by atoms with E-state index < -0.39 is 0 Å². The largest absolute Gasteiger partial charge is 0.335 e. The summed E-state index contributed by atoms with van der Waals surface area (Å²) in [5, 5.41) is 0.732. The lowest BCUT2D eigenvalue weighted by molar-refractivity contribution is 0.712. The van der Waals surface area contributed by atoms with Crippen molar-refractivity contribution in [3.63, 3.8) is 0 Å². The van der Waals surface area contributed by atoms with E-state index in [0.29, 0.717) is 6.54 Å². The van der Waals surface area contributed by atoms with Crippen molar-refractivity contribution in [1.82, 2.24) is 9.55 Å². The minimum absolute atomic E-state index is 0.467. The van der Waals surface area contributed by atoms with E-state index in [1.807, 2.05) is 24.5 Å². The summed E-state index contributed by atoms with van der Waals surface area (Å²) in [4.78, 5) is 4.36. The van der Waals surface area contributed by atoms with Crippen molar-refractivity contribution in [2.75, 3.05) is 0 Å². The first kappa shape index (κ1) is 12.1. The van der Waals surface area contributed by atoms with Crippen molar-refractivity contribution in [2.45, 2.75) is 26.4 Å². The molecular weight excluding hydrogens is 234 g/mol. The van der Waals surface area contributed by atoms with Crippen LogP contribution in [0, 0.1) is 0 Å². The molecule has 0 unspecified atom stereocenters. The molecule has 3 nitrogen and oxygen atoms in total. The predicted octanol–water partition coefficient (Wildman–Crippen LogP) is 2.61. The average molecular weight is 250 g/mol. The van der Waals surface area contributed by atoms with Crippen molar-refractivity contribution in [3.05, 3.63) is 52.6 Å². The van der Waals surface area contributed by atoms with E-state index in [1.54, 1.807) is 0 Å². The topological polar surface area (TPSA) is 43.8 Å². The number of nitrogens with two attached hydrogens (primary N) is 1. The second kappa shape index (κ2) is 5.34. The van der Waals surface area contributed by atoms with Gasteiger partial charge < -0.3 is 10.3 Å². The number of benzene rings is 1. The molecule has 1 heterocycles. The third-order valence-corrected chi connectivity index (χ3v) is 3.20. The number of halogens is 1. The molecule has 2 aromatic rings. The van der Waals surface area contributed by atoms with E-state index in [-0.39, 0.29) is 0 Å². The van der Waals surface area contributed by atoms with Crippen molar-refractivity contribution in [3.8, 4) is 0 Å². The number of rotatable bonds is 4. The van der Waals surface area contributed by atoms with Gasteiger partial charge in [-0.25, -0.2) is 4.98 Å². The summed E-state index contributed by atoms with van der Waals surface area (Å²) in [6.07, 6.45) is 4.64. The maximum atomic E-state index is 6.04. The Bertz CT molecular complexity index is 505. The van der Waals surface area contributed by atoms with Crippen LogP contribution in [-0.2, 0) is 19.5 Å². The van der Waals surface area contributed by atoms with Crippen molar-refractivity contribution >= 4 is 11.6 Å². The quantitative estimate of drug-likeness (QED) is 0.905. The summed E-state index contributed by atoms with van der Waals surface area (Å²) in [7, 11) is 0. The molecule has 0 spiro atoms. The van der Waals surface area contributed by atoms with Gasteiger partial charge in [-0.05, 0) is 24.1 Å². The minimum Gasteiger partial charge on any atom is -0.335 e. The molecule has 1 aromatic heterocycles. The lowest BCUT2D eigenvalue weighted by atomic mass is 10.1. The van der Waals surface area contributed by atoms with Gasteiger partial charge in [-0.2, -0.15) is 0 Å². The van der Waals surface area contributed by atoms with E-state index in [1.165, 1.54) is 5.56 Å². The molecule has 0 fully saturated rings. The lowest BCUT2D eigenvalue weighted by Crippen LogP contribution is -2.03. The van der Waals surface area contributed by atoms with Gasteiger partial charge >= 0.3 is 0 Å². The van der Waals surface area contributed by atoms with Gasteiger partial charge in [0.25, 0.3) is 0 Å². The van der Waals surface area contributed by atoms with Crippen molar-refractivity contribution < 1.29 is 0 Å². The first-order chi connectivity index (χ1) is 8.24. The molecule has 0 bridgehead atoms. The van der Waals surface area contributed by atoms with Gasteiger partial charge in [-0.1, -0.05) is 23.7 Å². The highest BCUT2D eigenvalue weighted by atomic mass is 35.5. The molecule has 4 heteroatoms. The number of aryl methyl sites for hydroxylation is 1. The molecule has 17 heavy (non-hydrogen) atoms. The first-order valence-electron chi connectivity index (χ1n) is 5.72. The fourth-order valence-electron chi connectivity index (χ4n) is 1.87. The van der Waals surface area contributed by atoms with Gasteiger partial charge in [-0.15, -0.1) is 0 Å². The maximum absolute atomic E-state index is 6.04. The Morgan fingerprint density at radius 1 is 1.41 bits per heavy atom. The normalized spacial score (nSPS) is 10.8. The third-order valence-electron chi connectivity index (χ3n) is 2.83. The van der Waals surface area contributed by atoms with Gasteiger partial charge in [0.2, 0.25) is 0 Å². The Balaban J connectivity index is 2.24. The Morgan fingerprint density at radius 3 is 2.94 bits per heavy atom. The SMILES string of the molecule is CCn1ccnc1Cc1ccc(Cl)c(CN)c1. The molecule has 0 amide bonds. The van der Waals surface area contributed by atoms with Gasteiger partial charge in [0.15, 0.2) is 0 Å². The standard InChI is InChI=1S/C13H16ClN3/c1-2-17-6-5-16-13(17)8-10-3-4-12(14)11(7-10)9-15/h3-7H,2,8-9,15H2,1H3. The van der Waals surface area contributed by atoms with Crippen LogP contribution >= 0.6 is 11.6 Å². The van der Waals surface area contributed by atoms with Crippen LogP contribution in [0.2, 0.25) is 5.02 Å². The van der Waals surface area contributed by atoms with Gasteiger partial charge in [0, 0.05) is 36.9 Å². The Hall–Kier alpha value is -1.32. The Labute approximate surface area is 106 Å². The highest BCUT2D eigenvalue weighted by Gasteiger charge is 2.05. The molecule has 0 aliphatic heterocycles. The summed E-state index contributed by atoms with van der Waals surface area (Å²) in [5.41, 5.74) is 7.82. The lowest BCUT2D eigenvalue weighted by Gasteiger charge is -2.07.